The molecule has 0 aliphatic heterocycles. The Morgan fingerprint density at radius 2 is 2.17 bits per heavy atom. The van der Waals surface area contributed by atoms with Crippen LogP contribution in [0.1, 0.15) is 39.5 Å². The second-order valence-electron chi connectivity index (χ2n) is 3.12. The van der Waals surface area contributed by atoms with E-state index in [9.17, 15) is 4.79 Å². The van der Waals surface area contributed by atoms with E-state index in [1.54, 1.807) is 0 Å². The molecule has 0 bridgehead atoms. The molecular weight excluding hydrogens is 170 g/mol. The van der Waals surface area contributed by atoms with E-state index in [4.69, 9.17) is 0 Å². The minimum atomic E-state index is 0.0299. The summed E-state index contributed by atoms with van der Waals surface area (Å²) in [4.78, 5) is 10.9. The van der Waals surface area contributed by atoms with Crippen LogP contribution in [0.5, 0.6) is 0 Å². The fourth-order valence-electron chi connectivity index (χ4n) is 1.09. The first-order chi connectivity index (χ1) is 5.70. The Morgan fingerprint density at radius 1 is 1.50 bits per heavy atom. The minimum Gasteiger partial charge on any atom is -0.353 e. The second kappa shape index (κ2) is 7.47. The molecular formula is C9H19NOS. The highest BCUT2D eigenvalue weighted by atomic mass is 32.1. The van der Waals surface area contributed by atoms with E-state index >= 15 is 0 Å². The van der Waals surface area contributed by atoms with Crippen LogP contribution in [0.4, 0.5) is 0 Å². The Bertz CT molecular complexity index is 128. The van der Waals surface area contributed by atoms with E-state index in [0.29, 0.717) is 6.04 Å². The van der Waals surface area contributed by atoms with Gasteiger partial charge in [-0.1, -0.05) is 26.2 Å². The van der Waals surface area contributed by atoms with Crippen molar-refractivity contribution in [3.05, 3.63) is 0 Å². The Hall–Kier alpha value is -0.180. The Morgan fingerprint density at radius 3 is 2.67 bits per heavy atom. The minimum absolute atomic E-state index is 0.0299. The molecule has 1 unspecified atom stereocenters. The van der Waals surface area contributed by atoms with Gasteiger partial charge >= 0.3 is 0 Å². The number of rotatable bonds is 6. The van der Waals surface area contributed by atoms with Crippen LogP contribution in [0.25, 0.3) is 0 Å². The van der Waals surface area contributed by atoms with Gasteiger partial charge in [-0.3, -0.25) is 4.79 Å². The smallest absolute Gasteiger partial charge is 0.229 e. The molecule has 0 fully saturated rings. The quantitative estimate of drug-likeness (QED) is 0.485. The van der Waals surface area contributed by atoms with Crippen molar-refractivity contribution in [1.82, 2.24) is 5.32 Å². The van der Waals surface area contributed by atoms with E-state index in [-0.39, 0.29) is 11.7 Å². The Kier molecular flexibility index (Phi) is 7.36. The first-order valence-electron chi connectivity index (χ1n) is 4.61. The molecule has 0 heterocycles. The maximum atomic E-state index is 10.9. The molecule has 0 aromatic rings. The zero-order valence-electron chi connectivity index (χ0n) is 7.97. The molecule has 0 saturated carbocycles. The molecule has 0 radical (unpaired) electrons. The van der Waals surface area contributed by atoms with Crippen molar-refractivity contribution < 1.29 is 4.79 Å². The van der Waals surface area contributed by atoms with Crippen molar-refractivity contribution >= 4 is 18.5 Å². The van der Waals surface area contributed by atoms with Crippen molar-refractivity contribution in [2.75, 3.05) is 5.75 Å². The van der Waals surface area contributed by atoms with Gasteiger partial charge in [0.05, 0.1) is 5.75 Å². The monoisotopic (exact) mass is 189 g/mol. The molecule has 0 aliphatic carbocycles. The molecule has 0 aliphatic rings. The van der Waals surface area contributed by atoms with Gasteiger partial charge in [0.2, 0.25) is 5.91 Å². The predicted molar refractivity (Wildman–Crippen MR) is 55.6 cm³/mol. The molecule has 0 aromatic carbocycles. The lowest BCUT2D eigenvalue weighted by atomic mass is 10.1. The summed E-state index contributed by atoms with van der Waals surface area (Å²) in [6.45, 7) is 4.22. The zero-order valence-corrected chi connectivity index (χ0v) is 8.86. The van der Waals surface area contributed by atoms with Gasteiger partial charge < -0.3 is 5.32 Å². The normalized spacial score (nSPS) is 12.6. The Labute approximate surface area is 80.5 Å². The van der Waals surface area contributed by atoms with Crippen molar-refractivity contribution in [2.45, 2.75) is 45.6 Å². The standard InChI is InChI=1S/C9H19NOS/c1-3-4-5-6-8(2)10-9(11)7-12/h8,12H,3-7H2,1-2H3,(H,10,11). The summed E-state index contributed by atoms with van der Waals surface area (Å²) < 4.78 is 0. The summed E-state index contributed by atoms with van der Waals surface area (Å²) in [6.07, 6.45) is 4.76. The van der Waals surface area contributed by atoms with E-state index in [1.807, 2.05) is 6.92 Å². The van der Waals surface area contributed by atoms with Crippen molar-refractivity contribution in [1.29, 1.82) is 0 Å². The molecule has 3 heteroatoms. The summed E-state index contributed by atoms with van der Waals surface area (Å²) in [5.41, 5.74) is 0. The molecule has 2 nitrogen and oxygen atoms in total. The summed E-state index contributed by atoms with van der Waals surface area (Å²) in [6, 6.07) is 0.302. The predicted octanol–water partition coefficient (Wildman–Crippen LogP) is 2.00. The van der Waals surface area contributed by atoms with E-state index in [0.717, 1.165) is 6.42 Å². The summed E-state index contributed by atoms with van der Waals surface area (Å²) >= 11 is 3.89. The summed E-state index contributed by atoms with van der Waals surface area (Å²) in [7, 11) is 0. The molecule has 0 saturated heterocycles. The van der Waals surface area contributed by atoms with Gasteiger partial charge in [-0.15, -0.1) is 0 Å². The van der Waals surface area contributed by atoms with E-state index in [2.05, 4.69) is 24.9 Å². The number of carbonyl (C=O) groups excluding carboxylic acids is 1. The first-order valence-corrected chi connectivity index (χ1v) is 5.24. The fraction of sp³-hybridized carbons (Fsp3) is 0.889. The lowest BCUT2D eigenvalue weighted by Gasteiger charge is -2.12. The van der Waals surface area contributed by atoms with Crippen molar-refractivity contribution in [3.8, 4) is 0 Å². The number of hydrogen-bond acceptors (Lipinski definition) is 2. The molecule has 72 valence electrons. The van der Waals surface area contributed by atoms with Crippen LogP contribution >= 0.6 is 12.6 Å². The SMILES string of the molecule is CCCCCC(C)NC(=O)CS. The molecule has 0 rings (SSSR count). The van der Waals surface area contributed by atoms with Crippen LogP contribution in [0.15, 0.2) is 0 Å². The highest BCUT2D eigenvalue weighted by Crippen LogP contribution is 2.02. The Balaban J connectivity index is 3.32. The zero-order chi connectivity index (χ0) is 9.40. The van der Waals surface area contributed by atoms with E-state index < -0.39 is 0 Å². The second-order valence-corrected chi connectivity index (χ2v) is 3.44. The van der Waals surface area contributed by atoms with Crippen LogP contribution in [-0.4, -0.2) is 17.7 Å². The van der Waals surface area contributed by atoms with Crippen LogP contribution in [-0.2, 0) is 4.79 Å². The number of carbonyl (C=O) groups is 1. The van der Waals surface area contributed by atoms with Crippen molar-refractivity contribution in [3.63, 3.8) is 0 Å². The highest BCUT2D eigenvalue weighted by Gasteiger charge is 2.03. The third-order valence-electron chi connectivity index (χ3n) is 1.79. The van der Waals surface area contributed by atoms with Gasteiger partial charge in [0.25, 0.3) is 0 Å². The third-order valence-corrected chi connectivity index (χ3v) is 2.08. The maximum Gasteiger partial charge on any atom is 0.229 e. The van der Waals surface area contributed by atoms with Crippen LogP contribution < -0.4 is 5.32 Å². The third kappa shape index (κ3) is 6.53. The molecule has 0 spiro atoms. The molecule has 0 aromatic heterocycles. The average molecular weight is 189 g/mol. The first kappa shape index (κ1) is 11.8. The molecule has 1 N–H and O–H groups in total. The lowest BCUT2D eigenvalue weighted by molar-refractivity contribution is -0.119. The molecule has 1 atom stereocenters. The number of hydrogen-bond donors (Lipinski definition) is 2. The molecule has 12 heavy (non-hydrogen) atoms. The number of nitrogens with one attached hydrogen (secondary N) is 1. The van der Waals surface area contributed by atoms with Crippen molar-refractivity contribution in [2.24, 2.45) is 0 Å². The topological polar surface area (TPSA) is 29.1 Å². The lowest BCUT2D eigenvalue weighted by Crippen LogP contribution is -2.33. The number of unbranched alkanes of at least 4 members (excludes halogenated alkanes) is 2. The van der Waals surface area contributed by atoms with E-state index in [1.165, 1.54) is 19.3 Å². The van der Waals surface area contributed by atoms with Gasteiger partial charge in [0.15, 0.2) is 0 Å². The largest absolute Gasteiger partial charge is 0.353 e. The number of thiol groups is 1. The van der Waals surface area contributed by atoms with Crippen LogP contribution in [0.3, 0.4) is 0 Å². The van der Waals surface area contributed by atoms with Gasteiger partial charge in [0.1, 0.15) is 0 Å². The van der Waals surface area contributed by atoms with Gasteiger partial charge in [-0.2, -0.15) is 12.6 Å². The maximum absolute atomic E-state index is 10.9. The van der Waals surface area contributed by atoms with Gasteiger partial charge in [0, 0.05) is 6.04 Å². The summed E-state index contributed by atoms with van der Waals surface area (Å²) in [5.74, 6) is 0.320. The van der Waals surface area contributed by atoms with Crippen LogP contribution in [0, 0.1) is 0 Å². The van der Waals surface area contributed by atoms with Gasteiger partial charge in [-0.05, 0) is 13.3 Å². The van der Waals surface area contributed by atoms with Gasteiger partial charge in [-0.25, -0.2) is 0 Å². The summed E-state index contributed by atoms with van der Waals surface area (Å²) in [5, 5.41) is 2.87. The average Bonchev–Trinajstić information content (AvgIpc) is 2.05. The molecule has 1 amide bonds. The van der Waals surface area contributed by atoms with Crippen LogP contribution in [0.2, 0.25) is 0 Å². The highest BCUT2D eigenvalue weighted by molar-refractivity contribution is 7.81. The number of amides is 1. The fourth-order valence-corrected chi connectivity index (χ4v) is 1.18.